The van der Waals surface area contributed by atoms with Crippen LogP contribution in [0, 0.1) is 0 Å². The smallest absolute Gasteiger partial charge is 0.257 e. The maximum Gasteiger partial charge on any atom is 0.257 e. The highest BCUT2D eigenvalue weighted by Crippen LogP contribution is 2.24. The van der Waals surface area contributed by atoms with Crippen molar-refractivity contribution in [2.45, 2.75) is 0 Å². The van der Waals surface area contributed by atoms with E-state index in [0.717, 1.165) is 4.47 Å². The third kappa shape index (κ3) is 3.24. The van der Waals surface area contributed by atoms with Gasteiger partial charge in [0.1, 0.15) is 5.82 Å². The molecule has 0 radical (unpaired) electrons. The van der Waals surface area contributed by atoms with E-state index in [-0.39, 0.29) is 5.91 Å². The summed E-state index contributed by atoms with van der Waals surface area (Å²) in [5.41, 5.74) is 1.06. The summed E-state index contributed by atoms with van der Waals surface area (Å²) >= 11 is 9.36. The summed E-state index contributed by atoms with van der Waals surface area (Å²) in [6, 6.07) is 8.97. The number of para-hydroxylation sites is 1. The van der Waals surface area contributed by atoms with Gasteiger partial charge in [-0.2, -0.15) is 0 Å². The molecule has 4 nitrogen and oxygen atoms in total. The van der Waals surface area contributed by atoms with Crippen molar-refractivity contribution in [2.24, 2.45) is 0 Å². The molecular weight excluding hydrogens is 330 g/mol. The van der Waals surface area contributed by atoms with E-state index in [2.05, 4.69) is 31.5 Å². The second-order valence-corrected chi connectivity index (χ2v) is 4.99. The number of halogens is 2. The van der Waals surface area contributed by atoms with Crippen LogP contribution in [0.15, 0.2) is 41.0 Å². The summed E-state index contributed by atoms with van der Waals surface area (Å²) < 4.78 is 0.808. The Kier molecular flexibility index (Phi) is 4.39. The average molecular weight is 341 g/mol. The van der Waals surface area contributed by atoms with Crippen LogP contribution in [0.5, 0.6) is 0 Å². The predicted molar refractivity (Wildman–Crippen MR) is 80.9 cm³/mol. The third-order valence-corrected chi connectivity index (χ3v) is 3.47. The molecule has 0 bridgehead atoms. The van der Waals surface area contributed by atoms with Crippen LogP contribution in [-0.2, 0) is 0 Å². The number of aromatic nitrogens is 1. The first kappa shape index (κ1) is 13.8. The molecule has 0 aliphatic carbocycles. The molecule has 6 heteroatoms. The van der Waals surface area contributed by atoms with Crippen LogP contribution in [0.4, 0.5) is 11.5 Å². The molecule has 1 heterocycles. The van der Waals surface area contributed by atoms with Gasteiger partial charge >= 0.3 is 0 Å². The van der Waals surface area contributed by atoms with Gasteiger partial charge in [0.05, 0.1) is 16.3 Å². The first-order valence-corrected chi connectivity index (χ1v) is 6.68. The van der Waals surface area contributed by atoms with Crippen LogP contribution >= 0.6 is 27.5 Å². The Hall–Kier alpha value is -1.59. The number of nitrogens with zero attached hydrogens (tertiary/aromatic N) is 1. The minimum atomic E-state index is -0.282. The number of carbonyl (C=O) groups is 1. The first-order valence-electron chi connectivity index (χ1n) is 5.51. The van der Waals surface area contributed by atoms with Gasteiger partial charge in [-0.15, -0.1) is 0 Å². The van der Waals surface area contributed by atoms with Crippen LogP contribution in [0.2, 0.25) is 5.02 Å². The van der Waals surface area contributed by atoms with E-state index in [1.807, 2.05) is 18.2 Å². The number of nitrogens with one attached hydrogen (secondary N) is 2. The quantitative estimate of drug-likeness (QED) is 0.894. The zero-order valence-electron chi connectivity index (χ0n) is 10.1. The molecule has 0 aliphatic rings. The lowest BCUT2D eigenvalue weighted by Crippen LogP contribution is -2.13. The molecule has 0 spiro atoms. The number of rotatable bonds is 3. The Morgan fingerprint density at radius 1 is 1.37 bits per heavy atom. The maximum atomic E-state index is 12.2. The maximum absolute atomic E-state index is 12.2. The van der Waals surface area contributed by atoms with E-state index in [4.69, 9.17) is 11.6 Å². The standard InChI is InChI=1S/C13H11BrClN3O/c1-16-12-6-8(10(15)7-17-12)13(19)18-11-5-3-2-4-9(11)14/h2-7H,1H3,(H,16,17)(H,18,19). The normalized spacial score (nSPS) is 10.1. The van der Waals surface area contributed by atoms with Crippen LogP contribution < -0.4 is 10.6 Å². The van der Waals surface area contributed by atoms with Crippen LogP contribution in [-0.4, -0.2) is 17.9 Å². The van der Waals surface area contributed by atoms with E-state index in [0.29, 0.717) is 22.1 Å². The summed E-state index contributed by atoms with van der Waals surface area (Å²) in [4.78, 5) is 16.2. The molecule has 0 atom stereocenters. The Labute approximate surface area is 124 Å². The fourth-order valence-corrected chi connectivity index (χ4v) is 2.07. The largest absolute Gasteiger partial charge is 0.373 e. The SMILES string of the molecule is CNc1cc(C(=O)Nc2ccccc2Br)c(Cl)cn1. The molecule has 2 N–H and O–H groups in total. The van der Waals surface area contributed by atoms with Gasteiger partial charge in [-0.3, -0.25) is 4.79 Å². The fraction of sp³-hybridized carbons (Fsp3) is 0.0769. The highest BCUT2D eigenvalue weighted by molar-refractivity contribution is 9.10. The van der Waals surface area contributed by atoms with Crippen LogP contribution in [0.25, 0.3) is 0 Å². The van der Waals surface area contributed by atoms with Gasteiger partial charge in [0.25, 0.3) is 5.91 Å². The summed E-state index contributed by atoms with van der Waals surface area (Å²) in [6.45, 7) is 0. The number of hydrogen-bond donors (Lipinski definition) is 2. The van der Waals surface area contributed by atoms with Gasteiger partial charge in [0, 0.05) is 17.7 Å². The summed E-state index contributed by atoms with van der Waals surface area (Å²) in [5, 5.41) is 5.97. The molecule has 1 amide bonds. The molecule has 0 aliphatic heterocycles. The number of amides is 1. The van der Waals surface area contributed by atoms with Crippen molar-refractivity contribution in [1.82, 2.24) is 4.98 Å². The molecule has 98 valence electrons. The highest BCUT2D eigenvalue weighted by atomic mass is 79.9. The Morgan fingerprint density at radius 3 is 2.79 bits per heavy atom. The van der Waals surface area contributed by atoms with E-state index in [1.165, 1.54) is 6.20 Å². The van der Waals surface area contributed by atoms with E-state index >= 15 is 0 Å². The average Bonchev–Trinajstić information content (AvgIpc) is 2.42. The number of carbonyl (C=O) groups excluding carboxylic acids is 1. The molecule has 0 saturated carbocycles. The van der Waals surface area contributed by atoms with Gasteiger partial charge in [-0.05, 0) is 34.1 Å². The lowest BCUT2D eigenvalue weighted by atomic mass is 10.2. The van der Waals surface area contributed by atoms with Gasteiger partial charge in [-0.1, -0.05) is 23.7 Å². The van der Waals surface area contributed by atoms with Crippen molar-refractivity contribution >= 4 is 44.9 Å². The lowest BCUT2D eigenvalue weighted by molar-refractivity contribution is 0.102. The second-order valence-electron chi connectivity index (χ2n) is 3.73. The minimum Gasteiger partial charge on any atom is -0.373 e. The van der Waals surface area contributed by atoms with Crippen molar-refractivity contribution in [1.29, 1.82) is 0 Å². The molecule has 0 saturated heterocycles. The minimum absolute atomic E-state index is 0.282. The van der Waals surface area contributed by atoms with Crippen LogP contribution in [0.1, 0.15) is 10.4 Å². The molecule has 1 aromatic heterocycles. The topological polar surface area (TPSA) is 54.0 Å². The summed E-state index contributed by atoms with van der Waals surface area (Å²) in [5.74, 6) is 0.303. The number of hydrogen-bond acceptors (Lipinski definition) is 3. The zero-order chi connectivity index (χ0) is 13.8. The van der Waals surface area contributed by atoms with E-state index < -0.39 is 0 Å². The Morgan fingerprint density at radius 2 is 2.11 bits per heavy atom. The molecule has 0 unspecified atom stereocenters. The van der Waals surface area contributed by atoms with Crippen molar-refractivity contribution in [3.05, 3.63) is 51.6 Å². The summed E-state index contributed by atoms with van der Waals surface area (Å²) in [7, 11) is 1.73. The summed E-state index contributed by atoms with van der Waals surface area (Å²) in [6.07, 6.45) is 1.45. The van der Waals surface area contributed by atoms with Gasteiger partial charge in [0.2, 0.25) is 0 Å². The fourth-order valence-electron chi connectivity index (χ4n) is 1.50. The van der Waals surface area contributed by atoms with Gasteiger partial charge < -0.3 is 10.6 Å². The zero-order valence-corrected chi connectivity index (χ0v) is 12.4. The van der Waals surface area contributed by atoms with Crippen molar-refractivity contribution in [3.8, 4) is 0 Å². The lowest BCUT2D eigenvalue weighted by Gasteiger charge is -2.09. The Bertz CT molecular complexity index is 619. The first-order chi connectivity index (χ1) is 9.11. The van der Waals surface area contributed by atoms with Crippen LogP contribution in [0.3, 0.4) is 0 Å². The van der Waals surface area contributed by atoms with E-state index in [1.54, 1.807) is 19.2 Å². The number of benzene rings is 1. The molecule has 19 heavy (non-hydrogen) atoms. The van der Waals surface area contributed by atoms with Gasteiger partial charge in [-0.25, -0.2) is 4.98 Å². The molecule has 2 rings (SSSR count). The monoisotopic (exact) mass is 339 g/mol. The Balaban J connectivity index is 2.28. The third-order valence-electron chi connectivity index (χ3n) is 2.48. The van der Waals surface area contributed by atoms with Crippen molar-refractivity contribution in [3.63, 3.8) is 0 Å². The van der Waals surface area contributed by atoms with E-state index in [9.17, 15) is 4.79 Å². The van der Waals surface area contributed by atoms with Crippen molar-refractivity contribution < 1.29 is 4.79 Å². The van der Waals surface area contributed by atoms with Gasteiger partial charge in [0.15, 0.2) is 0 Å². The molecular formula is C13H11BrClN3O. The molecule has 2 aromatic rings. The highest BCUT2D eigenvalue weighted by Gasteiger charge is 2.13. The second kappa shape index (κ2) is 6.04. The predicted octanol–water partition coefficient (Wildman–Crippen LogP) is 3.79. The number of pyridine rings is 1. The molecule has 1 aromatic carbocycles. The number of anilines is 2. The van der Waals surface area contributed by atoms with Crippen molar-refractivity contribution in [2.75, 3.05) is 17.7 Å². The molecule has 0 fully saturated rings.